The van der Waals surface area contributed by atoms with Crippen LogP contribution in [-0.4, -0.2) is 18.2 Å². The number of hydrogen-bond acceptors (Lipinski definition) is 3. The van der Waals surface area contributed by atoms with E-state index in [0.29, 0.717) is 5.92 Å². The zero-order valence-electron chi connectivity index (χ0n) is 7.79. The number of hydrogen-bond donors (Lipinski definition) is 2. The van der Waals surface area contributed by atoms with Crippen molar-refractivity contribution in [3.63, 3.8) is 0 Å². The van der Waals surface area contributed by atoms with Crippen molar-refractivity contribution in [2.75, 3.05) is 13.1 Å². The summed E-state index contributed by atoms with van der Waals surface area (Å²) in [5.74, 6) is 0.296. The highest BCUT2D eigenvalue weighted by molar-refractivity contribution is 5.17. The Kier molecular flexibility index (Phi) is 2.14. The summed E-state index contributed by atoms with van der Waals surface area (Å²) in [6.07, 6.45) is 4.25. The van der Waals surface area contributed by atoms with Gasteiger partial charge >= 0.3 is 0 Å². The van der Waals surface area contributed by atoms with Crippen molar-refractivity contribution in [1.82, 2.24) is 5.32 Å². The molecule has 13 heavy (non-hydrogen) atoms. The van der Waals surface area contributed by atoms with Gasteiger partial charge < -0.3 is 14.8 Å². The molecule has 1 aromatic heterocycles. The molecule has 0 bridgehead atoms. The van der Waals surface area contributed by atoms with Gasteiger partial charge in [0.25, 0.3) is 0 Å². The minimum Gasteiger partial charge on any atom is -0.472 e. The number of furan rings is 1. The predicted molar refractivity (Wildman–Crippen MR) is 49.3 cm³/mol. The van der Waals surface area contributed by atoms with Gasteiger partial charge in [-0.2, -0.15) is 0 Å². The van der Waals surface area contributed by atoms with Gasteiger partial charge in [0.1, 0.15) is 0 Å². The van der Waals surface area contributed by atoms with Crippen molar-refractivity contribution in [3.8, 4) is 0 Å². The molecule has 1 fully saturated rings. The zero-order valence-corrected chi connectivity index (χ0v) is 7.79. The first kappa shape index (κ1) is 8.78. The first-order valence-corrected chi connectivity index (χ1v) is 4.67. The molecule has 2 heterocycles. The van der Waals surface area contributed by atoms with Gasteiger partial charge in [-0.15, -0.1) is 0 Å². The molecule has 3 nitrogen and oxygen atoms in total. The highest BCUT2D eigenvalue weighted by atomic mass is 16.3. The van der Waals surface area contributed by atoms with Gasteiger partial charge in [0.15, 0.2) is 0 Å². The summed E-state index contributed by atoms with van der Waals surface area (Å²) in [7, 11) is 0. The van der Waals surface area contributed by atoms with Crippen molar-refractivity contribution in [3.05, 3.63) is 24.2 Å². The fourth-order valence-corrected chi connectivity index (χ4v) is 1.92. The number of aliphatic hydroxyl groups is 1. The number of rotatable bonds is 2. The third-order valence-corrected chi connectivity index (χ3v) is 2.96. The zero-order chi connectivity index (χ0) is 9.31. The molecule has 0 aromatic carbocycles. The van der Waals surface area contributed by atoms with Crippen molar-refractivity contribution in [1.29, 1.82) is 0 Å². The summed E-state index contributed by atoms with van der Waals surface area (Å²) in [6.45, 7) is 3.74. The van der Waals surface area contributed by atoms with E-state index in [1.54, 1.807) is 12.5 Å². The smallest absolute Gasteiger partial charge is 0.0963 e. The molecule has 0 aliphatic carbocycles. The van der Waals surface area contributed by atoms with E-state index in [-0.39, 0.29) is 0 Å². The van der Waals surface area contributed by atoms with E-state index >= 15 is 0 Å². The van der Waals surface area contributed by atoms with Crippen LogP contribution in [0.1, 0.15) is 18.9 Å². The van der Waals surface area contributed by atoms with Crippen LogP contribution in [0.5, 0.6) is 0 Å². The van der Waals surface area contributed by atoms with Crippen LogP contribution < -0.4 is 5.32 Å². The van der Waals surface area contributed by atoms with Crippen molar-refractivity contribution >= 4 is 0 Å². The molecule has 2 N–H and O–H groups in total. The molecule has 2 atom stereocenters. The first-order valence-electron chi connectivity index (χ1n) is 4.67. The van der Waals surface area contributed by atoms with Crippen LogP contribution in [0.3, 0.4) is 0 Å². The number of nitrogens with one attached hydrogen (secondary N) is 1. The second kappa shape index (κ2) is 3.16. The molecule has 1 aliphatic rings. The van der Waals surface area contributed by atoms with Crippen LogP contribution in [0.25, 0.3) is 0 Å². The van der Waals surface area contributed by atoms with Crippen molar-refractivity contribution in [2.24, 2.45) is 5.92 Å². The van der Waals surface area contributed by atoms with Crippen LogP contribution in [0.2, 0.25) is 0 Å². The lowest BCUT2D eigenvalue weighted by molar-refractivity contribution is 0.00167. The largest absolute Gasteiger partial charge is 0.472 e. The first-order chi connectivity index (χ1) is 6.21. The van der Waals surface area contributed by atoms with E-state index in [2.05, 4.69) is 5.32 Å². The highest BCUT2D eigenvalue weighted by Crippen LogP contribution is 2.33. The summed E-state index contributed by atoms with van der Waals surface area (Å²) in [6, 6.07) is 1.83. The molecule has 1 saturated heterocycles. The Bertz CT molecular complexity index is 260. The molecule has 0 saturated carbocycles. The highest BCUT2D eigenvalue weighted by Gasteiger charge is 2.36. The van der Waals surface area contributed by atoms with Gasteiger partial charge in [-0.1, -0.05) is 0 Å². The van der Waals surface area contributed by atoms with Gasteiger partial charge in [-0.3, -0.25) is 0 Å². The van der Waals surface area contributed by atoms with E-state index in [4.69, 9.17) is 4.42 Å². The Balaban J connectivity index is 2.19. The molecule has 1 aliphatic heterocycles. The van der Waals surface area contributed by atoms with Crippen molar-refractivity contribution in [2.45, 2.75) is 18.9 Å². The van der Waals surface area contributed by atoms with E-state index in [1.807, 2.05) is 13.0 Å². The summed E-state index contributed by atoms with van der Waals surface area (Å²) < 4.78 is 4.98. The van der Waals surface area contributed by atoms with E-state index in [0.717, 1.165) is 25.1 Å². The maximum Gasteiger partial charge on any atom is 0.0963 e. The van der Waals surface area contributed by atoms with Crippen LogP contribution in [0.4, 0.5) is 0 Å². The minimum absolute atomic E-state index is 0.296. The Morgan fingerprint density at radius 1 is 1.69 bits per heavy atom. The Morgan fingerprint density at radius 2 is 2.54 bits per heavy atom. The molecule has 2 unspecified atom stereocenters. The van der Waals surface area contributed by atoms with Crippen LogP contribution in [-0.2, 0) is 5.60 Å². The lowest BCUT2D eigenvalue weighted by Gasteiger charge is -2.28. The summed E-state index contributed by atoms with van der Waals surface area (Å²) >= 11 is 0. The second-order valence-electron chi connectivity index (χ2n) is 3.85. The molecule has 0 radical (unpaired) electrons. The summed E-state index contributed by atoms with van der Waals surface area (Å²) in [4.78, 5) is 0. The van der Waals surface area contributed by atoms with Gasteiger partial charge in [0, 0.05) is 18.0 Å². The average Bonchev–Trinajstić information content (AvgIpc) is 2.78. The lowest BCUT2D eigenvalue weighted by atomic mass is 9.84. The van der Waals surface area contributed by atoms with Crippen LogP contribution >= 0.6 is 0 Å². The second-order valence-corrected chi connectivity index (χ2v) is 3.85. The third kappa shape index (κ3) is 1.49. The van der Waals surface area contributed by atoms with E-state index < -0.39 is 5.60 Å². The summed E-state index contributed by atoms with van der Waals surface area (Å²) in [5, 5.41) is 13.5. The molecular formula is C10H15NO2. The van der Waals surface area contributed by atoms with Crippen molar-refractivity contribution < 1.29 is 9.52 Å². The van der Waals surface area contributed by atoms with Crippen LogP contribution in [0, 0.1) is 5.92 Å². The van der Waals surface area contributed by atoms with Gasteiger partial charge in [0.2, 0.25) is 0 Å². The Hall–Kier alpha value is -0.800. The molecule has 1 aromatic rings. The lowest BCUT2D eigenvalue weighted by Crippen LogP contribution is -2.32. The van der Waals surface area contributed by atoms with Crippen LogP contribution in [0.15, 0.2) is 23.0 Å². The van der Waals surface area contributed by atoms with E-state index in [1.165, 1.54) is 0 Å². The molecular weight excluding hydrogens is 166 g/mol. The predicted octanol–water partition coefficient (Wildman–Crippen LogP) is 1.10. The standard InChI is InChI=1S/C10H15NO2/c1-10(12,8-2-4-11-6-8)9-3-5-13-7-9/h3,5,7-8,11-12H,2,4,6H2,1H3. The van der Waals surface area contributed by atoms with Gasteiger partial charge in [-0.05, 0) is 26.0 Å². The Morgan fingerprint density at radius 3 is 3.08 bits per heavy atom. The Labute approximate surface area is 77.8 Å². The monoisotopic (exact) mass is 181 g/mol. The fraction of sp³-hybridized carbons (Fsp3) is 0.600. The summed E-state index contributed by atoms with van der Waals surface area (Å²) in [5.41, 5.74) is 0.123. The van der Waals surface area contributed by atoms with E-state index in [9.17, 15) is 5.11 Å². The quantitative estimate of drug-likeness (QED) is 0.718. The molecule has 0 amide bonds. The maximum absolute atomic E-state index is 10.3. The normalized spacial score (nSPS) is 27.4. The molecule has 2 rings (SSSR count). The fourth-order valence-electron chi connectivity index (χ4n) is 1.92. The molecule has 0 spiro atoms. The molecule has 3 heteroatoms. The average molecular weight is 181 g/mol. The third-order valence-electron chi connectivity index (χ3n) is 2.96. The SMILES string of the molecule is CC(O)(c1ccoc1)C1CCNC1. The topological polar surface area (TPSA) is 45.4 Å². The maximum atomic E-state index is 10.3. The van der Waals surface area contributed by atoms with Gasteiger partial charge in [0.05, 0.1) is 18.1 Å². The van der Waals surface area contributed by atoms with Gasteiger partial charge in [-0.25, -0.2) is 0 Å². The minimum atomic E-state index is -0.753. The molecule has 72 valence electrons.